The fourth-order valence-electron chi connectivity index (χ4n) is 3.81. The maximum absolute atomic E-state index is 6.32. The zero-order chi connectivity index (χ0) is 22.1. The molecule has 0 bridgehead atoms. The van der Waals surface area contributed by atoms with Crippen LogP contribution in [0.15, 0.2) is 41.2 Å². The number of aryl methyl sites for hydroxylation is 1. The smallest absolute Gasteiger partial charge is 0.228 e. The molecule has 0 aromatic carbocycles. The topological polar surface area (TPSA) is 118 Å². The van der Waals surface area contributed by atoms with Crippen LogP contribution in [0, 0.1) is 6.92 Å². The standard InChI is InChI=1S/C21H21ClN8O2/c1-12-9-18(28-27-12)25-19-14(22)11-24-21(26-19)30-8-4-6-16(30)17-10-15(29-32-17)13-5-3-7-23-20(13)31-2/h3,5,7,9-11,16H,4,6,8H2,1-2H3,(H2,24,25,26,27,28)/t16-/m0/s1. The lowest BCUT2D eigenvalue weighted by molar-refractivity contribution is 0.361. The van der Waals surface area contributed by atoms with Crippen LogP contribution in [0.3, 0.4) is 0 Å². The van der Waals surface area contributed by atoms with Crippen LogP contribution in [0.4, 0.5) is 17.6 Å². The monoisotopic (exact) mass is 452 g/mol. The number of hydrogen-bond donors (Lipinski definition) is 2. The number of hydrogen-bond acceptors (Lipinski definition) is 9. The van der Waals surface area contributed by atoms with Crippen LogP contribution in [-0.4, -0.2) is 44.0 Å². The Morgan fingerprint density at radius 3 is 3.03 bits per heavy atom. The lowest BCUT2D eigenvalue weighted by Gasteiger charge is -2.23. The molecule has 1 aliphatic rings. The molecule has 5 rings (SSSR count). The van der Waals surface area contributed by atoms with Gasteiger partial charge in [-0.3, -0.25) is 5.10 Å². The summed E-state index contributed by atoms with van der Waals surface area (Å²) in [4.78, 5) is 15.4. The molecule has 1 atom stereocenters. The normalized spacial score (nSPS) is 15.8. The summed E-state index contributed by atoms with van der Waals surface area (Å²) in [6, 6.07) is 7.49. The molecule has 11 heteroatoms. The summed E-state index contributed by atoms with van der Waals surface area (Å²) in [6.07, 6.45) is 5.14. The first-order valence-electron chi connectivity index (χ1n) is 10.2. The Morgan fingerprint density at radius 1 is 1.31 bits per heavy atom. The van der Waals surface area contributed by atoms with Crippen LogP contribution in [-0.2, 0) is 0 Å². The second-order valence-electron chi connectivity index (χ2n) is 7.45. The number of H-pyrrole nitrogens is 1. The molecule has 2 N–H and O–H groups in total. The summed E-state index contributed by atoms with van der Waals surface area (Å²) < 4.78 is 11.1. The Labute approximate surface area is 189 Å². The van der Waals surface area contributed by atoms with E-state index in [0.717, 1.165) is 36.4 Å². The van der Waals surface area contributed by atoms with Crippen LogP contribution in [0.1, 0.15) is 30.3 Å². The number of nitrogens with one attached hydrogen (secondary N) is 2. The molecule has 5 heterocycles. The van der Waals surface area contributed by atoms with Crippen molar-refractivity contribution in [3.8, 4) is 17.1 Å². The van der Waals surface area contributed by atoms with Gasteiger partial charge >= 0.3 is 0 Å². The van der Waals surface area contributed by atoms with Crippen molar-refractivity contribution in [2.45, 2.75) is 25.8 Å². The highest BCUT2D eigenvalue weighted by Gasteiger charge is 2.32. The van der Waals surface area contributed by atoms with E-state index < -0.39 is 0 Å². The van der Waals surface area contributed by atoms with Crippen molar-refractivity contribution in [1.29, 1.82) is 0 Å². The molecule has 1 fully saturated rings. The van der Waals surface area contributed by atoms with Gasteiger partial charge in [0.2, 0.25) is 11.8 Å². The molecule has 10 nitrogen and oxygen atoms in total. The maximum Gasteiger partial charge on any atom is 0.228 e. The van der Waals surface area contributed by atoms with E-state index in [1.165, 1.54) is 0 Å². The van der Waals surface area contributed by atoms with Gasteiger partial charge in [-0.2, -0.15) is 10.1 Å². The van der Waals surface area contributed by atoms with Crippen LogP contribution in [0.2, 0.25) is 5.02 Å². The van der Waals surface area contributed by atoms with E-state index >= 15 is 0 Å². The summed E-state index contributed by atoms with van der Waals surface area (Å²) in [5.74, 6) is 2.92. The second kappa shape index (κ2) is 8.46. The van der Waals surface area contributed by atoms with Crippen LogP contribution in [0.5, 0.6) is 5.88 Å². The van der Waals surface area contributed by atoms with E-state index in [1.807, 2.05) is 31.2 Å². The molecule has 164 valence electrons. The number of aromatic nitrogens is 6. The number of halogens is 1. The third-order valence-corrected chi connectivity index (χ3v) is 5.57. The second-order valence-corrected chi connectivity index (χ2v) is 7.86. The molecular weight excluding hydrogens is 432 g/mol. The van der Waals surface area contributed by atoms with E-state index in [-0.39, 0.29) is 6.04 Å². The van der Waals surface area contributed by atoms with Gasteiger partial charge in [0.15, 0.2) is 17.4 Å². The summed E-state index contributed by atoms with van der Waals surface area (Å²) in [7, 11) is 1.58. The largest absolute Gasteiger partial charge is 0.481 e. The third kappa shape index (κ3) is 3.84. The third-order valence-electron chi connectivity index (χ3n) is 5.29. The maximum atomic E-state index is 6.32. The number of rotatable bonds is 6. The van der Waals surface area contributed by atoms with Crippen molar-refractivity contribution < 1.29 is 9.26 Å². The summed E-state index contributed by atoms with van der Waals surface area (Å²) in [5, 5.41) is 14.9. The van der Waals surface area contributed by atoms with E-state index in [1.54, 1.807) is 19.5 Å². The molecule has 1 aliphatic heterocycles. The molecule has 0 aliphatic carbocycles. The lowest BCUT2D eigenvalue weighted by atomic mass is 10.1. The first kappa shape index (κ1) is 20.3. The first-order chi connectivity index (χ1) is 15.6. The molecular formula is C21H21ClN8O2. The minimum atomic E-state index is -0.0411. The Kier molecular flexibility index (Phi) is 5.36. The molecule has 0 saturated carbocycles. The van der Waals surface area contributed by atoms with Gasteiger partial charge in [-0.1, -0.05) is 16.8 Å². The van der Waals surface area contributed by atoms with Crippen molar-refractivity contribution >= 4 is 29.2 Å². The van der Waals surface area contributed by atoms with E-state index in [0.29, 0.717) is 34.2 Å². The Hall–Kier alpha value is -3.66. The quantitative estimate of drug-likeness (QED) is 0.441. The first-order valence-corrected chi connectivity index (χ1v) is 10.5. The Morgan fingerprint density at radius 2 is 2.22 bits per heavy atom. The van der Waals surface area contributed by atoms with Gasteiger partial charge in [-0.05, 0) is 31.9 Å². The fraction of sp³-hybridized carbons (Fsp3) is 0.286. The van der Waals surface area contributed by atoms with Crippen molar-refractivity contribution in [2.75, 3.05) is 23.9 Å². The van der Waals surface area contributed by atoms with Crippen molar-refractivity contribution in [3.63, 3.8) is 0 Å². The number of methoxy groups -OCH3 is 1. The van der Waals surface area contributed by atoms with Gasteiger partial charge in [-0.15, -0.1) is 0 Å². The highest BCUT2D eigenvalue weighted by Crippen LogP contribution is 2.38. The Bertz CT molecular complexity index is 1240. The highest BCUT2D eigenvalue weighted by atomic mass is 35.5. The summed E-state index contributed by atoms with van der Waals surface area (Å²) >= 11 is 6.32. The van der Waals surface area contributed by atoms with Gasteiger partial charge in [0.25, 0.3) is 0 Å². The molecule has 4 aromatic rings. The number of nitrogens with zero attached hydrogens (tertiary/aromatic N) is 6. The number of pyridine rings is 1. The minimum absolute atomic E-state index is 0.0411. The number of ether oxygens (including phenoxy) is 1. The average molecular weight is 453 g/mol. The zero-order valence-electron chi connectivity index (χ0n) is 17.5. The average Bonchev–Trinajstić information content (AvgIpc) is 3.56. The molecule has 0 spiro atoms. The van der Waals surface area contributed by atoms with Gasteiger partial charge in [-0.25, -0.2) is 9.97 Å². The van der Waals surface area contributed by atoms with Gasteiger partial charge in [0, 0.05) is 30.6 Å². The molecule has 1 saturated heterocycles. The van der Waals surface area contributed by atoms with Crippen molar-refractivity contribution in [3.05, 3.63) is 53.1 Å². The molecule has 0 unspecified atom stereocenters. The predicted molar refractivity (Wildman–Crippen MR) is 119 cm³/mol. The number of anilines is 3. The summed E-state index contributed by atoms with van der Waals surface area (Å²) in [5.41, 5.74) is 2.38. The lowest BCUT2D eigenvalue weighted by Crippen LogP contribution is -2.24. The fourth-order valence-corrected chi connectivity index (χ4v) is 3.95. The minimum Gasteiger partial charge on any atom is -0.481 e. The molecule has 0 radical (unpaired) electrons. The van der Waals surface area contributed by atoms with E-state index in [4.69, 9.17) is 20.9 Å². The van der Waals surface area contributed by atoms with Gasteiger partial charge < -0.3 is 19.5 Å². The van der Waals surface area contributed by atoms with Crippen LogP contribution in [0.25, 0.3) is 11.3 Å². The summed E-state index contributed by atoms with van der Waals surface area (Å²) in [6.45, 7) is 2.71. The molecule has 32 heavy (non-hydrogen) atoms. The zero-order valence-corrected chi connectivity index (χ0v) is 18.3. The van der Waals surface area contributed by atoms with Crippen LogP contribution >= 0.6 is 11.6 Å². The van der Waals surface area contributed by atoms with Crippen LogP contribution < -0.4 is 15.0 Å². The van der Waals surface area contributed by atoms with Gasteiger partial charge in [0.05, 0.1) is 24.9 Å². The van der Waals surface area contributed by atoms with Crippen molar-refractivity contribution in [2.24, 2.45) is 0 Å². The molecule has 4 aromatic heterocycles. The van der Waals surface area contributed by atoms with Gasteiger partial charge in [0.1, 0.15) is 10.7 Å². The number of aromatic amines is 1. The SMILES string of the molecule is COc1ncccc1-c1cc([C@@H]2CCCN2c2ncc(Cl)c(Nc3cc(C)[nH]n3)n2)on1. The highest BCUT2D eigenvalue weighted by molar-refractivity contribution is 6.32. The Balaban J connectivity index is 1.42. The van der Waals surface area contributed by atoms with E-state index in [9.17, 15) is 0 Å². The predicted octanol–water partition coefficient (Wildman–Crippen LogP) is 4.31. The molecule has 0 amide bonds. The van der Waals surface area contributed by atoms with Crippen molar-refractivity contribution in [1.82, 2.24) is 30.3 Å². The van der Waals surface area contributed by atoms with E-state index in [2.05, 4.69) is 40.5 Å².